The van der Waals surface area contributed by atoms with Crippen LogP contribution in [0.15, 0.2) is 28.7 Å². The lowest BCUT2D eigenvalue weighted by Gasteiger charge is -2.22. The zero-order chi connectivity index (χ0) is 9.19. The molecular formula is C10H15BrClN. The van der Waals surface area contributed by atoms with Crippen LogP contribution in [0.2, 0.25) is 0 Å². The van der Waals surface area contributed by atoms with Crippen LogP contribution in [0.1, 0.15) is 19.4 Å². The lowest BCUT2D eigenvalue weighted by Crippen LogP contribution is -2.27. The molecule has 0 bridgehead atoms. The van der Waals surface area contributed by atoms with Crippen LogP contribution in [0.5, 0.6) is 0 Å². The maximum Gasteiger partial charge on any atom is 0.0178 e. The van der Waals surface area contributed by atoms with E-state index in [4.69, 9.17) is 5.73 Å². The minimum atomic E-state index is 0. The van der Waals surface area contributed by atoms with Crippen molar-refractivity contribution in [2.75, 3.05) is 6.54 Å². The van der Waals surface area contributed by atoms with Gasteiger partial charge in [0.05, 0.1) is 0 Å². The molecule has 1 rings (SSSR count). The van der Waals surface area contributed by atoms with Gasteiger partial charge in [0.15, 0.2) is 0 Å². The first-order chi connectivity index (χ1) is 5.56. The van der Waals surface area contributed by atoms with E-state index in [0.29, 0.717) is 6.54 Å². The van der Waals surface area contributed by atoms with Gasteiger partial charge in [0.1, 0.15) is 0 Å². The topological polar surface area (TPSA) is 26.0 Å². The van der Waals surface area contributed by atoms with E-state index in [1.807, 2.05) is 12.1 Å². The third kappa shape index (κ3) is 3.29. The Kier molecular flexibility index (Phi) is 4.97. The normalized spacial score (nSPS) is 10.8. The fourth-order valence-electron chi connectivity index (χ4n) is 1.03. The molecule has 2 N–H and O–H groups in total. The van der Waals surface area contributed by atoms with Crippen LogP contribution in [0.25, 0.3) is 0 Å². The Bertz CT molecular complexity index is 273. The number of hydrogen-bond donors (Lipinski definition) is 1. The SMILES string of the molecule is CC(C)(CN)c1cccc(Br)c1.Cl. The van der Waals surface area contributed by atoms with E-state index in [-0.39, 0.29) is 17.8 Å². The zero-order valence-electron chi connectivity index (χ0n) is 7.88. The number of hydrogen-bond acceptors (Lipinski definition) is 1. The largest absolute Gasteiger partial charge is 0.330 e. The molecule has 1 nitrogen and oxygen atoms in total. The molecule has 0 unspecified atom stereocenters. The van der Waals surface area contributed by atoms with Gasteiger partial charge in [-0.25, -0.2) is 0 Å². The van der Waals surface area contributed by atoms with E-state index >= 15 is 0 Å². The molecule has 0 heterocycles. The highest BCUT2D eigenvalue weighted by molar-refractivity contribution is 9.10. The molecular weight excluding hydrogens is 249 g/mol. The summed E-state index contributed by atoms with van der Waals surface area (Å²) in [6.45, 7) is 4.97. The molecule has 0 saturated carbocycles. The Morgan fingerprint density at radius 1 is 1.38 bits per heavy atom. The van der Waals surface area contributed by atoms with E-state index in [2.05, 4.69) is 41.9 Å². The summed E-state index contributed by atoms with van der Waals surface area (Å²) in [6, 6.07) is 8.29. The maximum absolute atomic E-state index is 5.67. The Labute approximate surface area is 94.3 Å². The molecule has 13 heavy (non-hydrogen) atoms. The van der Waals surface area contributed by atoms with Crippen molar-refractivity contribution >= 4 is 28.3 Å². The number of halogens is 2. The first kappa shape index (κ1) is 12.9. The third-order valence-corrected chi connectivity index (χ3v) is 2.61. The Morgan fingerprint density at radius 3 is 2.46 bits per heavy atom. The smallest absolute Gasteiger partial charge is 0.0178 e. The van der Waals surface area contributed by atoms with Gasteiger partial charge in [-0.3, -0.25) is 0 Å². The number of benzene rings is 1. The highest BCUT2D eigenvalue weighted by atomic mass is 79.9. The van der Waals surface area contributed by atoms with Crippen LogP contribution in [-0.4, -0.2) is 6.54 Å². The van der Waals surface area contributed by atoms with Crippen molar-refractivity contribution < 1.29 is 0 Å². The van der Waals surface area contributed by atoms with E-state index in [0.717, 1.165) is 4.47 Å². The summed E-state index contributed by atoms with van der Waals surface area (Å²) < 4.78 is 1.11. The first-order valence-corrected chi connectivity index (χ1v) is 4.82. The molecule has 1 aromatic rings. The fourth-order valence-corrected chi connectivity index (χ4v) is 1.43. The molecule has 0 atom stereocenters. The summed E-state index contributed by atoms with van der Waals surface area (Å²) in [7, 11) is 0. The molecule has 0 amide bonds. The third-order valence-electron chi connectivity index (χ3n) is 2.12. The van der Waals surface area contributed by atoms with Gasteiger partial charge < -0.3 is 5.73 Å². The predicted octanol–water partition coefficient (Wildman–Crippen LogP) is 3.11. The monoisotopic (exact) mass is 263 g/mol. The highest BCUT2D eigenvalue weighted by Crippen LogP contribution is 2.24. The molecule has 0 aliphatic rings. The predicted molar refractivity (Wildman–Crippen MR) is 63.5 cm³/mol. The Hall–Kier alpha value is -0.0500. The molecule has 3 heteroatoms. The van der Waals surface area contributed by atoms with Gasteiger partial charge >= 0.3 is 0 Å². The average molecular weight is 265 g/mol. The van der Waals surface area contributed by atoms with Crippen molar-refractivity contribution in [3.8, 4) is 0 Å². The van der Waals surface area contributed by atoms with Crippen molar-refractivity contribution in [3.63, 3.8) is 0 Å². The van der Waals surface area contributed by atoms with E-state index < -0.39 is 0 Å². The zero-order valence-corrected chi connectivity index (χ0v) is 10.3. The summed E-state index contributed by atoms with van der Waals surface area (Å²) in [5, 5.41) is 0. The van der Waals surface area contributed by atoms with Gasteiger partial charge in [-0.15, -0.1) is 12.4 Å². The van der Waals surface area contributed by atoms with Crippen molar-refractivity contribution in [1.29, 1.82) is 0 Å². The standard InChI is InChI=1S/C10H14BrN.ClH/c1-10(2,7-12)8-4-3-5-9(11)6-8;/h3-6H,7,12H2,1-2H3;1H. The minimum Gasteiger partial charge on any atom is -0.330 e. The molecule has 0 radical (unpaired) electrons. The molecule has 0 aliphatic carbocycles. The molecule has 0 aliphatic heterocycles. The quantitative estimate of drug-likeness (QED) is 0.873. The van der Waals surface area contributed by atoms with Crippen LogP contribution in [0.4, 0.5) is 0 Å². The van der Waals surface area contributed by atoms with Crippen molar-refractivity contribution in [2.24, 2.45) is 5.73 Å². The Morgan fingerprint density at radius 2 is 2.00 bits per heavy atom. The minimum absolute atomic E-state index is 0. The van der Waals surface area contributed by atoms with Gasteiger partial charge in [-0.2, -0.15) is 0 Å². The summed E-state index contributed by atoms with van der Waals surface area (Å²) in [4.78, 5) is 0. The van der Waals surface area contributed by atoms with Gasteiger partial charge in [-0.05, 0) is 17.7 Å². The lowest BCUT2D eigenvalue weighted by atomic mass is 9.85. The molecule has 0 aromatic heterocycles. The van der Waals surface area contributed by atoms with E-state index in [1.54, 1.807) is 0 Å². The van der Waals surface area contributed by atoms with E-state index in [9.17, 15) is 0 Å². The van der Waals surface area contributed by atoms with Crippen LogP contribution in [0.3, 0.4) is 0 Å². The number of rotatable bonds is 2. The van der Waals surface area contributed by atoms with Gasteiger partial charge in [0.2, 0.25) is 0 Å². The van der Waals surface area contributed by atoms with E-state index in [1.165, 1.54) is 5.56 Å². The molecule has 0 saturated heterocycles. The van der Waals surface area contributed by atoms with Crippen LogP contribution in [-0.2, 0) is 5.41 Å². The summed E-state index contributed by atoms with van der Waals surface area (Å²) in [6.07, 6.45) is 0. The van der Waals surface area contributed by atoms with Crippen LogP contribution >= 0.6 is 28.3 Å². The second-order valence-electron chi connectivity index (χ2n) is 3.60. The highest BCUT2D eigenvalue weighted by Gasteiger charge is 2.17. The summed E-state index contributed by atoms with van der Waals surface area (Å²) in [5.74, 6) is 0. The van der Waals surface area contributed by atoms with Gasteiger partial charge in [0, 0.05) is 16.4 Å². The van der Waals surface area contributed by atoms with Crippen molar-refractivity contribution in [3.05, 3.63) is 34.3 Å². The molecule has 0 spiro atoms. The van der Waals surface area contributed by atoms with Crippen LogP contribution < -0.4 is 5.73 Å². The maximum atomic E-state index is 5.67. The van der Waals surface area contributed by atoms with Crippen LogP contribution in [0, 0.1) is 0 Å². The Balaban J connectivity index is 0.00000144. The second-order valence-corrected chi connectivity index (χ2v) is 4.51. The van der Waals surface area contributed by atoms with Gasteiger partial charge in [0.25, 0.3) is 0 Å². The number of nitrogens with two attached hydrogens (primary N) is 1. The second kappa shape index (κ2) is 4.99. The van der Waals surface area contributed by atoms with Crippen molar-refractivity contribution in [2.45, 2.75) is 19.3 Å². The average Bonchev–Trinajstić information content (AvgIpc) is 2.05. The molecule has 1 aromatic carbocycles. The molecule has 0 fully saturated rings. The van der Waals surface area contributed by atoms with Gasteiger partial charge in [-0.1, -0.05) is 41.9 Å². The summed E-state index contributed by atoms with van der Waals surface area (Å²) in [5.41, 5.74) is 7.02. The molecule has 74 valence electrons. The summed E-state index contributed by atoms with van der Waals surface area (Å²) >= 11 is 3.44. The fraction of sp³-hybridized carbons (Fsp3) is 0.400. The van der Waals surface area contributed by atoms with Crippen molar-refractivity contribution in [1.82, 2.24) is 0 Å². The lowest BCUT2D eigenvalue weighted by molar-refractivity contribution is 0.539. The first-order valence-electron chi connectivity index (χ1n) is 4.02.